The van der Waals surface area contributed by atoms with E-state index in [1.807, 2.05) is 24.3 Å². The van der Waals surface area contributed by atoms with Crippen LogP contribution in [-0.2, 0) is 9.53 Å². The Morgan fingerprint density at radius 2 is 1.55 bits per heavy atom. The van der Waals surface area contributed by atoms with E-state index < -0.39 is 18.1 Å². The predicted molar refractivity (Wildman–Crippen MR) is 121 cm³/mol. The van der Waals surface area contributed by atoms with Gasteiger partial charge in [-0.2, -0.15) is 0 Å². The summed E-state index contributed by atoms with van der Waals surface area (Å²) >= 11 is 1.35. The number of carboxylic acids is 1. The van der Waals surface area contributed by atoms with Gasteiger partial charge >= 0.3 is 12.1 Å². The number of nitrogens with two attached hydrogens (primary N) is 1. The fraction of sp³-hybridized carbons (Fsp3) is 0.167. The Balaban J connectivity index is 1.34. The highest BCUT2D eigenvalue weighted by Gasteiger charge is 2.29. The molecule has 7 heteroatoms. The second-order valence-electron chi connectivity index (χ2n) is 7.23. The van der Waals surface area contributed by atoms with Crippen LogP contribution in [0.4, 0.5) is 10.5 Å². The summed E-state index contributed by atoms with van der Waals surface area (Å²) in [6.45, 7) is 0.251. The second kappa shape index (κ2) is 9.24. The third kappa shape index (κ3) is 4.73. The number of fused-ring (bicyclic) bond motifs is 3. The van der Waals surface area contributed by atoms with Gasteiger partial charge in [0.15, 0.2) is 0 Å². The number of ether oxygens (including phenoxy) is 1. The summed E-state index contributed by atoms with van der Waals surface area (Å²) in [4.78, 5) is 24.0. The number of anilines is 1. The normalized spacial score (nSPS) is 13.2. The lowest BCUT2D eigenvalue weighted by Crippen LogP contribution is -2.32. The van der Waals surface area contributed by atoms with E-state index in [1.54, 1.807) is 24.3 Å². The molecule has 1 aliphatic rings. The molecule has 0 radical (unpaired) electrons. The van der Waals surface area contributed by atoms with Crippen LogP contribution in [0, 0.1) is 0 Å². The van der Waals surface area contributed by atoms with Gasteiger partial charge in [-0.3, -0.25) is 10.1 Å². The molecule has 1 amide bonds. The van der Waals surface area contributed by atoms with Gasteiger partial charge in [0.25, 0.3) is 0 Å². The van der Waals surface area contributed by atoms with E-state index in [0.717, 1.165) is 16.0 Å². The van der Waals surface area contributed by atoms with Crippen LogP contribution in [0.1, 0.15) is 17.0 Å². The van der Waals surface area contributed by atoms with Crippen LogP contribution in [-0.4, -0.2) is 35.6 Å². The summed E-state index contributed by atoms with van der Waals surface area (Å²) in [5.74, 6) is -0.745. The Labute approximate surface area is 184 Å². The molecule has 1 atom stereocenters. The Morgan fingerprint density at radius 3 is 2.13 bits per heavy atom. The number of thioether (sulfide) groups is 1. The molecular weight excluding hydrogens is 412 g/mol. The molecular formula is C24H22N2O4S. The van der Waals surface area contributed by atoms with Gasteiger partial charge in [0.2, 0.25) is 0 Å². The second-order valence-corrected chi connectivity index (χ2v) is 8.32. The molecule has 4 rings (SSSR count). The first-order valence-corrected chi connectivity index (χ1v) is 10.8. The Morgan fingerprint density at radius 1 is 0.968 bits per heavy atom. The summed E-state index contributed by atoms with van der Waals surface area (Å²) in [5, 5.41) is 11.6. The SMILES string of the molecule is NC(CSc1ccc(NC(=O)OCC2c3ccccc3-c3ccccc32)cc1)C(=O)O. The largest absolute Gasteiger partial charge is 0.480 e. The smallest absolute Gasteiger partial charge is 0.411 e. The van der Waals surface area contributed by atoms with Gasteiger partial charge in [0.1, 0.15) is 12.6 Å². The van der Waals surface area contributed by atoms with Crippen LogP contribution in [0.3, 0.4) is 0 Å². The van der Waals surface area contributed by atoms with Gasteiger partial charge in [0.05, 0.1) is 0 Å². The van der Waals surface area contributed by atoms with Crippen molar-refractivity contribution in [2.24, 2.45) is 5.73 Å². The van der Waals surface area contributed by atoms with Crippen molar-refractivity contribution in [1.82, 2.24) is 0 Å². The summed E-state index contributed by atoms with van der Waals surface area (Å²) in [7, 11) is 0. The fourth-order valence-electron chi connectivity index (χ4n) is 3.64. The number of benzene rings is 3. The van der Waals surface area contributed by atoms with E-state index in [9.17, 15) is 9.59 Å². The topological polar surface area (TPSA) is 102 Å². The van der Waals surface area contributed by atoms with Gasteiger partial charge < -0.3 is 15.6 Å². The standard InChI is InChI=1S/C24H22N2O4S/c25-22(23(27)28)14-31-16-11-9-15(10-12-16)26-24(29)30-13-21-19-7-3-1-5-17(19)18-6-2-4-8-20(18)21/h1-12,21-22H,13-14,25H2,(H,26,29)(H,27,28). The van der Waals surface area contributed by atoms with Crippen LogP contribution < -0.4 is 11.1 Å². The number of rotatable bonds is 7. The molecule has 4 N–H and O–H groups in total. The van der Waals surface area contributed by atoms with E-state index in [-0.39, 0.29) is 18.3 Å². The van der Waals surface area contributed by atoms with Crippen LogP contribution in [0.2, 0.25) is 0 Å². The summed E-state index contributed by atoms with van der Waals surface area (Å²) in [6, 6.07) is 22.6. The van der Waals surface area contributed by atoms with Gasteiger partial charge in [-0.25, -0.2) is 4.79 Å². The van der Waals surface area contributed by atoms with Crippen LogP contribution in [0.15, 0.2) is 77.7 Å². The first kappa shape index (κ1) is 21.0. The van der Waals surface area contributed by atoms with Gasteiger partial charge in [-0.1, -0.05) is 48.5 Å². The molecule has 0 aromatic heterocycles. The van der Waals surface area contributed by atoms with Crippen molar-refractivity contribution in [1.29, 1.82) is 0 Å². The fourth-order valence-corrected chi connectivity index (χ4v) is 4.49. The highest BCUT2D eigenvalue weighted by molar-refractivity contribution is 7.99. The van der Waals surface area contributed by atoms with Crippen molar-refractivity contribution in [3.63, 3.8) is 0 Å². The molecule has 6 nitrogen and oxygen atoms in total. The zero-order chi connectivity index (χ0) is 21.8. The third-order valence-electron chi connectivity index (χ3n) is 5.19. The lowest BCUT2D eigenvalue weighted by Gasteiger charge is -2.14. The molecule has 0 fully saturated rings. The molecule has 0 bridgehead atoms. The summed E-state index contributed by atoms with van der Waals surface area (Å²) < 4.78 is 5.54. The first-order valence-electron chi connectivity index (χ1n) is 9.86. The van der Waals surface area contributed by atoms with Crippen molar-refractivity contribution in [2.75, 3.05) is 17.7 Å². The minimum absolute atomic E-state index is 0.00960. The number of hydrogen-bond acceptors (Lipinski definition) is 5. The molecule has 0 saturated carbocycles. The lowest BCUT2D eigenvalue weighted by atomic mass is 9.98. The molecule has 3 aromatic rings. The average Bonchev–Trinajstić information content (AvgIpc) is 3.11. The zero-order valence-corrected chi connectivity index (χ0v) is 17.5. The average molecular weight is 435 g/mol. The number of hydrogen-bond donors (Lipinski definition) is 3. The molecule has 31 heavy (non-hydrogen) atoms. The maximum absolute atomic E-state index is 12.3. The number of amides is 1. The highest BCUT2D eigenvalue weighted by Crippen LogP contribution is 2.44. The molecule has 0 aliphatic heterocycles. The molecule has 0 spiro atoms. The minimum Gasteiger partial charge on any atom is -0.480 e. The third-order valence-corrected chi connectivity index (χ3v) is 6.32. The van der Waals surface area contributed by atoms with Gasteiger partial charge in [0, 0.05) is 22.3 Å². The Bertz CT molecular complexity index is 1060. The Hall–Kier alpha value is -3.29. The summed E-state index contributed by atoms with van der Waals surface area (Å²) in [6.07, 6.45) is -0.518. The van der Waals surface area contributed by atoms with Crippen molar-refractivity contribution >= 4 is 29.5 Å². The lowest BCUT2D eigenvalue weighted by molar-refractivity contribution is -0.137. The minimum atomic E-state index is -1.03. The maximum atomic E-state index is 12.3. The number of aliphatic carboxylic acids is 1. The van der Waals surface area contributed by atoms with Gasteiger partial charge in [-0.15, -0.1) is 11.8 Å². The maximum Gasteiger partial charge on any atom is 0.411 e. The molecule has 0 saturated heterocycles. The number of carboxylic acid groups (broad SMARTS) is 1. The zero-order valence-electron chi connectivity index (χ0n) is 16.7. The van der Waals surface area contributed by atoms with Crippen molar-refractivity contribution < 1.29 is 19.4 Å². The van der Waals surface area contributed by atoms with E-state index in [2.05, 4.69) is 29.6 Å². The van der Waals surface area contributed by atoms with E-state index in [1.165, 1.54) is 22.9 Å². The highest BCUT2D eigenvalue weighted by atomic mass is 32.2. The van der Waals surface area contributed by atoms with Crippen LogP contribution in [0.25, 0.3) is 11.1 Å². The molecule has 158 valence electrons. The summed E-state index contributed by atoms with van der Waals surface area (Å²) in [5.41, 5.74) is 10.8. The quantitative estimate of drug-likeness (QED) is 0.472. The number of nitrogens with one attached hydrogen (secondary N) is 1. The van der Waals surface area contributed by atoms with E-state index >= 15 is 0 Å². The molecule has 3 aromatic carbocycles. The molecule has 1 aliphatic carbocycles. The predicted octanol–water partition coefficient (Wildman–Crippen LogP) is 4.55. The monoisotopic (exact) mass is 434 g/mol. The Kier molecular flexibility index (Phi) is 6.25. The molecule has 0 heterocycles. The van der Waals surface area contributed by atoms with Gasteiger partial charge in [-0.05, 0) is 46.5 Å². The van der Waals surface area contributed by atoms with E-state index in [4.69, 9.17) is 15.6 Å². The van der Waals surface area contributed by atoms with Crippen LogP contribution >= 0.6 is 11.8 Å². The number of carbonyl (C=O) groups is 2. The molecule has 1 unspecified atom stereocenters. The van der Waals surface area contributed by atoms with Crippen molar-refractivity contribution in [3.8, 4) is 11.1 Å². The van der Waals surface area contributed by atoms with E-state index in [0.29, 0.717) is 5.69 Å². The first-order chi connectivity index (χ1) is 15.0. The van der Waals surface area contributed by atoms with Crippen molar-refractivity contribution in [3.05, 3.63) is 83.9 Å². The van der Waals surface area contributed by atoms with Crippen LogP contribution in [0.5, 0.6) is 0 Å². The number of carbonyl (C=O) groups excluding carboxylic acids is 1. The van der Waals surface area contributed by atoms with Crippen molar-refractivity contribution in [2.45, 2.75) is 16.9 Å².